The number of likely N-dealkylation sites (N-methyl/N-ethyl adjacent to an activating group) is 1. The fourth-order valence-corrected chi connectivity index (χ4v) is 2.60. The number of rotatable bonds is 7. The van der Waals surface area contributed by atoms with Gasteiger partial charge in [-0.1, -0.05) is 40.2 Å². The Labute approximate surface area is 156 Å². The lowest BCUT2D eigenvalue weighted by Crippen LogP contribution is -2.34. The molecular weight excluding hydrogens is 384 g/mol. The van der Waals surface area contributed by atoms with E-state index in [1.165, 1.54) is 7.11 Å². The number of nitrogens with one attached hydrogen (secondary N) is 1. The number of carbonyl (C=O) groups excluding carboxylic acids is 2. The molecule has 0 heterocycles. The summed E-state index contributed by atoms with van der Waals surface area (Å²) in [4.78, 5) is 25.4. The van der Waals surface area contributed by atoms with Gasteiger partial charge >= 0.3 is 5.97 Å². The monoisotopic (exact) mass is 404 g/mol. The second kappa shape index (κ2) is 9.34. The molecular formula is C19H21BrN2O3. The summed E-state index contributed by atoms with van der Waals surface area (Å²) in [6.07, 6.45) is 0. The Morgan fingerprint density at radius 1 is 1.04 bits per heavy atom. The highest BCUT2D eigenvalue weighted by Crippen LogP contribution is 2.11. The smallest absolute Gasteiger partial charge is 0.337 e. The van der Waals surface area contributed by atoms with Crippen molar-refractivity contribution in [2.75, 3.05) is 20.7 Å². The van der Waals surface area contributed by atoms with Gasteiger partial charge in [0.2, 0.25) is 5.91 Å². The van der Waals surface area contributed by atoms with Crippen molar-refractivity contribution in [2.24, 2.45) is 0 Å². The number of halogens is 1. The normalized spacial score (nSPS) is 10.6. The first kappa shape index (κ1) is 19.1. The van der Waals surface area contributed by atoms with Gasteiger partial charge in [-0.05, 0) is 42.4 Å². The maximum atomic E-state index is 12.1. The first-order chi connectivity index (χ1) is 12.0. The van der Waals surface area contributed by atoms with E-state index in [0.717, 1.165) is 15.6 Å². The molecule has 0 aliphatic heterocycles. The second-order valence-corrected chi connectivity index (χ2v) is 6.68. The zero-order valence-electron chi connectivity index (χ0n) is 14.3. The van der Waals surface area contributed by atoms with Gasteiger partial charge in [-0.15, -0.1) is 0 Å². The van der Waals surface area contributed by atoms with Crippen molar-refractivity contribution in [2.45, 2.75) is 13.1 Å². The van der Waals surface area contributed by atoms with Crippen LogP contribution in [-0.2, 0) is 22.6 Å². The lowest BCUT2D eigenvalue weighted by molar-refractivity contribution is -0.122. The van der Waals surface area contributed by atoms with E-state index in [4.69, 9.17) is 0 Å². The molecule has 0 unspecified atom stereocenters. The number of hydrogen-bond donors (Lipinski definition) is 1. The summed E-state index contributed by atoms with van der Waals surface area (Å²) >= 11 is 3.41. The fraction of sp³-hybridized carbons (Fsp3) is 0.263. The van der Waals surface area contributed by atoms with Gasteiger partial charge in [-0.2, -0.15) is 0 Å². The van der Waals surface area contributed by atoms with E-state index in [2.05, 4.69) is 26.0 Å². The molecule has 0 spiro atoms. The summed E-state index contributed by atoms with van der Waals surface area (Å²) < 4.78 is 5.69. The van der Waals surface area contributed by atoms with Gasteiger partial charge in [0.25, 0.3) is 0 Å². The van der Waals surface area contributed by atoms with Crippen LogP contribution < -0.4 is 5.32 Å². The minimum Gasteiger partial charge on any atom is -0.465 e. The Bertz CT molecular complexity index is 714. The van der Waals surface area contributed by atoms with Crippen LogP contribution in [0.1, 0.15) is 21.5 Å². The molecule has 6 heteroatoms. The van der Waals surface area contributed by atoms with Crippen LogP contribution in [0.5, 0.6) is 0 Å². The van der Waals surface area contributed by atoms with Crippen molar-refractivity contribution in [1.82, 2.24) is 10.2 Å². The number of methoxy groups -OCH3 is 1. The highest BCUT2D eigenvalue weighted by Gasteiger charge is 2.08. The number of benzene rings is 2. The van der Waals surface area contributed by atoms with Crippen molar-refractivity contribution in [3.63, 3.8) is 0 Å². The van der Waals surface area contributed by atoms with Gasteiger partial charge in [0.05, 0.1) is 19.2 Å². The minimum atomic E-state index is -0.370. The van der Waals surface area contributed by atoms with Crippen molar-refractivity contribution in [1.29, 1.82) is 0 Å². The van der Waals surface area contributed by atoms with Gasteiger partial charge in [0.1, 0.15) is 0 Å². The molecule has 5 nitrogen and oxygen atoms in total. The standard InChI is InChI=1S/C19H21BrN2O3/c1-22(12-15-5-9-17(20)10-6-15)13-18(23)21-11-14-3-7-16(8-4-14)19(24)25-2/h3-10H,11-13H2,1-2H3,(H,21,23). The molecule has 2 aromatic carbocycles. The van der Waals surface area contributed by atoms with Gasteiger partial charge in [-0.3, -0.25) is 9.69 Å². The van der Waals surface area contributed by atoms with Crippen molar-refractivity contribution >= 4 is 27.8 Å². The van der Waals surface area contributed by atoms with E-state index in [9.17, 15) is 9.59 Å². The maximum Gasteiger partial charge on any atom is 0.337 e. The molecule has 2 rings (SSSR count). The maximum absolute atomic E-state index is 12.1. The van der Waals surface area contributed by atoms with Gasteiger partial charge in [0.15, 0.2) is 0 Å². The summed E-state index contributed by atoms with van der Waals surface area (Å²) in [7, 11) is 3.26. The molecule has 0 aromatic heterocycles. The number of nitrogens with zero attached hydrogens (tertiary/aromatic N) is 1. The zero-order chi connectivity index (χ0) is 18.2. The van der Waals surface area contributed by atoms with E-state index in [0.29, 0.717) is 25.2 Å². The predicted molar refractivity (Wildman–Crippen MR) is 100 cm³/mol. The summed E-state index contributed by atoms with van der Waals surface area (Å²) in [6.45, 7) is 1.44. The molecule has 25 heavy (non-hydrogen) atoms. The lowest BCUT2D eigenvalue weighted by Gasteiger charge is -2.16. The zero-order valence-corrected chi connectivity index (χ0v) is 15.9. The molecule has 2 aromatic rings. The predicted octanol–water partition coefficient (Wildman–Crippen LogP) is 2.98. The van der Waals surface area contributed by atoms with Gasteiger partial charge < -0.3 is 10.1 Å². The third kappa shape index (κ3) is 6.32. The van der Waals surface area contributed by atoms with Crippen molar-refractivity contribution < 1.29 is 14.3 Å². The molecule has 1 amide bonds. The Balaban J connectivity index is 1.77. The Hall–Kier alpha value is -2.18. The van der Waals surface area contributed by atoms with Crippen molar-refractivity contribution in [3.8, 4) is 0 Å². The average Bonchev–Trinajstić information content (AvgIpc) is 2.61. The highest BCUT2D eigenvalue weighted by atomic mass is 79.9. The number of amides is 1. The van der Waals surface area contributed by atoms with E-state index in [-0.39, 0.29) is 11.9 Å². The molecule has 0 aliphatic rings. The minimum absolute atomic E-state index is 0.0448. The Morgan fingerprint density at radius 2 is 1.64 bits per heavy atom. The van der Waals surface area contributed by atoms with Crippen LogP contribution >= 0.6 is 15.9 Å². The van der Waals surface area contributed by atoms with Crippen LogP contribution in [-0.4, -0.2) is 37.5 Å². The first-order valence-corrected chi connectivity index (χ1v) is 8.64. The van der Waals surface area contributed by atoms with Crippen LogP contribution in [0.2, 0.25) is 0 Å². The molecule has 0 saturated carbocycles. The molecule has 0 saturated heterocycles. The van der Waals surface area contributed by atoms with Crippen LogP contribution in [0.4, 0.5) is 0 Å². The van der Waals surface area contributed by atoms with Crippen molar-refractivity contribution in [3.05, 3.63) is 69.7 Å². The number of ether oxygens (including phenoxy) is 1. The van der Waals surface area contributed by atoms with E-state index in [1.807, 2.05) is 36.2 Å². The number of esters is 1. The molecule has 0 fully saturated rings. The van der Waals surface area contributed by atoms with Crippen LogP contribution in [0.3, 0.4) is 0 Å². The van der Waals surface area contributed by atoms with E-state index < -0.39 is 0 Å². The second-order valence-electron chi connectivity index (χ2n) is 5.76. The average molecular weight is 405 g/mol. The first-order valence-electron chi connectivity index (χ1n) is 7.85. The summed E-state index contributed by atoms with van der Waals surface area (Å²) in [5.41, 5.74) is 2.57. The van der Waals surface area contributed by atoms with E-state index >= 15 is 0 Å². The van der Waals surface area contributed by atoms with Crippen LogP contribution in [0, 0.1) is 0 Å². The quantitative estimate of drug-likeness (QED) is 0.720. The summed E-state index contributed by atoms with van der Waals surface area (Å²) in [6, 6.07) is 15.0. The molecule has 0 atom stereocenters. The number of carbonyl (C=O) groups is 2. The fourth-order valence-electron chi connectivity index (χ4n) is 2.34. The Kier molecular flexibility index (Phi) is 7.16. The molecule has 0 aliphatic carbocycles. The largest absolute Gasteiger partial charge is 0.465 e. The van der Waals surface area contributed by atoms with Gasteiger partial charge in [0, 0.05) is 17.6 Å². The molecule has 1 N–H and O–H groups in total. The molecule has 132 valence electrons. The Morgan fingerprint density at radius 3 is 2.24 bits per heavy atom. The van der Waals surface area contributed by atoms with E-state index in [1.54, 1.807) is 24.3 Å². The van der Waals surface area contributed by atoms with Crippen LogP contribution in [0.25, 0.3) is 0 Å². The van der Waals surface area contributed by atoms with Crippen LogP contribution in [0.15, 0.2) is 53.0 Å². The SMILES string of the molecule is COC(=O)c1ccc(CNC(=O)CN(C)Cc2ccc(Br)cc2)cc1. The molecule has 0 radical (unpaired) electrons. The molecule has 0 bridgehead atoms. The number of hydrogen-bond acceptors (Lipinski definition) is 4. The topological polar surface area (TPSA) is 58.6 Å². The van der Waals surface area contributed by atoms with Gasteiger partial charge in [-0.25, -0.2) is 4.79 Å². The highest BCUT2D eigenvalue weighted by molar-refractivity contribution is 9.10. The third-order valence-corrected chi connectivity index (χ3v) is 4.17. The lowest BCUT2D eigenvalue weighted by atomic mass is 10.1. The summed E-state index contributed by atoms with van der Waals surface area (Å²) in [5, 5.41) is 2.88. The summed E-state index contributed by atoms with van der Waals surface area (Å²) in [5.74, 6) is -0.415. The third-order valence-electron chi connectivity index (χ3n) is 3.64.